The van der Waals surface area contributed by atoms with Crippen LogP contribution in [0.1, 0.15) is 64.3 Å². The number of H-pyrrole nitrogens is 2. The molecule has 2 aromatic carbocycles. The lowest BCUT2D eigenvalue weighted by molar-refractivity contribution is -0.172. The quantitative estimate of drug-likeness (QED) is 0.109. The minimum absolute atomic E-state index is 0.218. The lowest BCUT2D eigenvalue weighted by Crippen LogP contribution is -2.51. The van der Waals surface area contributed by atoms with Gasteiger partial charge < -0.3 is 39.9 Å². The number of hydrogen-bond acceptors (Lipinski definition) is 8. The fourth-order valence-corrected chi connectivity index (χ4v) is 7.99. The van der Waals surface area contributed by atoms with Crippen LogP contribution < -0.4 is 10.6 Å². The average molecular weight is 911 g/mol. The van der Waals surface area contributed by atoms with E-state index in [-0.39, 0.29) is 34.2 Å². The third kappa shape index (κ3) is 9.94. The first-order valence-electron chi connectivity index (χ1n) is 20.2. The fourth-order valence-electron chi connectivity index (χ4n) is 7.99. The highest BCUT2D eigenvalue weighted by molar-refractivity contribution is 5.87. The molecule has 4 aromatic rings. The molecule has 2 aromatic heterocycles. The van der Waals surface area contributed by atoms with Crippen LogP contribution in [0.5, 0.6) is 0 Å². The lowest BCUT2D eigenvalue weighted by Gasteiger charge is -2.30. The number of ether oxygens (including phenoxy) is 2. The lowest BCUT2D eigenvalue weighted by atomic mass is 10.0. The Balaban J connectivity index is 1.21. The van der Waals surface area contributed by atoms with E-state index in [2.05, 4.69) is 40.0 Å². The zero-order valence-electron chi connectivity index (χ0n) is 35.3. The number of benzene rings is 2. The van der Waals surface area contributed by atoms with Gasteiger partial charge in [0.05, 0.1) is 38.1 Å². The van der Waals surface area contributed by atoms with Gasteiger partial charge in [-0.15, -0.1) is 0 Å². The molecule has 2 aliphatic heterocycles. The molecule has 22 heteroatoms. The summed E-state index contributed by atoms with van der Waals surface area (Å²) in [5.74, 6) is -8.96. The summed E-state index contributed by atoms with van der Waals surface area (Å²) < 4.78 is 124. The van der Waals surface area contributed by atoms with E-state index >= 15 is 8.78 Å². The predicted octanol–water partition coefficient (Wildman–Crippen LogP) is 8.08. The summed E-state index contributed by atoms with van der Waals surface area (Å²) in [6.07, 6.45) is -12.5. The van der Waals surface area contributed by atoms with Crippen molar-refractivity contribution in [1.82, 2.24) is 40.4 Å². The van der Waals surface area contributed by atoms with Gasteiger partial charge >= 0.3 is 24.5 Å². The number of alkyl carbamates (subject to hydrolysis) is 2. The molecule has 14 nitrogen and oxygen atoms in total. The molecule has 0 spiro atoms. The van der Waals surface area contributed by atoms with E-state index in [9.17, 15) is 45.5 Å². The van der Waals surface area contributed by atoms with E-state index in [1.165, 1.54) is 24.3 Å². The molecule has 4 N–H and O–H groups in total. The first-order chi connectivity index (χ1) is 30.0. The summed E-state index contributed by atoms with van der Waals surface area (Å²) in [6, 6.07) is 7.44. The number of nitrogens with zero attached hydrogens (tertiary/aromatic N) is 4. The summed E-state index contributed by atoms with van der Waals surface area (Å²) in [6.45, 7) is 4.90. The molecule has 4 heterocycles. The second-order valence-corrected chi connectivity index (χ2v) is 16.4. The highest BCUT2D eigenvalue weighted by atomic mass is 19.4. The van der Waals surface area contributed by atoms with Crippen molar-refractivity contribution in [1.29, 1.82) is 0 Å². The van der Waals surface area contributed by atoms with Crippen LogP contribution in [-0.2, 0) is 19.1 Å². The Bertz CT molecular complexity index is 2170. The summed E-state index contributed by atoms with van der Waals surface area (Å²) in [5, 5.41) is 4.72. The minimum Gasteiger partial charge on any atom is -0.453 e. The molecule has 0 bridgehead atoms. The molecule has 0 radical (unpaired) electrons. The number of amides is 4. The van der Waals surface area contributed by atoms with Crippen molar-refractivity contribution >= 4 is 24.0 Å². The fraction of sp³-hybridized carbons (Fsp3) is 0.476. The first kappa shape index (κ1) is 47.3. The van der Waals surface area contributed by atoms with Gasteiger partial charge in [-0.25, -0.2) is 19.6 Å². The third-order valence-electron chi connectivity index (χ3n) is 11.5. The van der Waals surface area contributed by atoms with Crippen LogP contribution in [0, 0.1) is 35.6 Å². The van der Waals surface area contributed by atoms with Crippen molar-refractivity contribution < 1.29 is 63.8 Å². The van der Waals surface area contributed by atoms with E-state index in [0.717, 1.165) is 24.0 Å². The molecule has 0 unspecified atom stereocenters. The number of halogens is 8. The van der Waals surface area contributed by atoms with Crippen molar-refractivity contribution in [2.75, 3.05) is 27.3 Å². The van der Waals surface area contributed by atoms with E-state index in [1.807, 2.05) is 0 Å². The summed E-state index contributed by atoms with van der Waals surface area (Å²) in [5.41, 5.74) is 1.26. The average Bonchev–Trinajstić information content (AvgIpc) is 4.06. The van der Waals surface area contributed by atoms with Crippen LogP contribution in [0.3, 0.4) is 0 Å². The van der Waals surface area contributed by atoms with Gasteiger partial charge in [0.25, 0.3) is 0 Å². The Morgan fingerprint density at radius 1 is 0.609 bits per heavy atom. The molecule has 2 fully saturated rings. The van der Waals surface area contributed by atoms with Crippen LogP contribution >= 0.6 is 0 Å². The molecule has 0 saturated carbocycles. The standard InChI is InChI=1S/C42H46F8N8O6/c1-19(2)29(53-39(61)63-5)37(59)57-17-25(41(45,46)47)15-27(57)35-51-31(33(43)55-35)23-11-7-21(8-12-23)22-9-13-24(14-10-22)32-34(44)56-36(52-32)28-16-26(42(48,49)50)18-58(28)38(60)30(20(3)4)54-40(62)64-6/h7-14,19-20,25-30H,15-18H2,1-6H3,(H,51,55)(H,52,56)(H,53,61)(H,54,62)/t25-,26-,27-,28-,29-,30-/m0/s1. The number of methoxy groups -OCH3 is 2. The Labute approximate surface area is 361 Å². The minimum atomic E-state index is -4.68. The molecule has 2 aliphatic rings. The van der Waals surface area contributed by atoms with Gasteiger partial charge in [-0.1, -0.05) is 76.2 Å². The number of alkyl halides is 6. The van der Waals surface area contributed by atoms with Crippen molar-refractivity contribution in [3.63, 3.8) is 0 Å². The number of rotatable bonds is 11. The molecule has 2 saturated heterocycles. The van der Waals surface area contributed by atoms with Crippen LogP contribution in [0.2, 0.25) is 0 Å². The number of imidazole rings is 2. The topological polar surface area (TPSA) is 175 Å². The molecule has 64 heavy (non-hydrogen) atoms. The molecule has 0 aliphatic carbocycles. The highest BCUT2D eigenvalue weighted by Gasteiger charge is 2.53. The van der Waals surface area contributed by atoms with Gasteiger partial charge in [0.1, 0.15) is 35.1 Å². The molecule has 4 amide bonds. The number of nitrogens with one attached hydrogen (secondary N) is 4. The van der Waals surface area contributed by atoms with Crippen LogP contribution in [0.4, 0.5) is 44.7 Å². The van der Waals surface area contributed by atoms with Gasteiger partial charge in [0.2, 0.25) is 23.7 Å². The van der Waals surface area contributed by atoms with Gasteiger partial charge in [0.15, 0.2) is 0 Å². The number of likely N-dealkylation sites (tertiary alicyclic amines) is 2. The van der Waals surface area contributed by atoms with E-state index in [1.54, 1.807) is 52.0 Å². The van der Waals surface area contributed by atoms with Crippen LogP contribution in [-0.4, -0.2) is 105 Å². The maximum absolute atomic E-state index is 15.5. The third-order valence-corrected chi connectivity index (χ3v) is 11.5. The maximum Gasteiger partial charge on any atom is 0.407 e. The smallest absolute Gasteiger partial charge is 0.407 e. The van der Waals surface area contributed by atoms with Crippen LogP contribution in [0.25, 0.3) is 33.6 Å². The molecule has 6 atom stereocenters. The number of aromatic nitrogens is 4. The van der Waals surface area contributed by atoms with E-state index < -0.39 is 122 Å². The first-order valence-corrected chi connectivity index (χ1v) is 20.2. The predicted molar refractivity (Wildman–Crippen MR) is 213 cm³/mol. The van der Waals surface area contributed by atoms with Crippen molar-refractivity contribution in [3.8, 4) is 33.6 Å². The molecule has 6 rings (SSSR count). The van der Waals surface area contributed by atoms with Gasteiger partial charge in [-0.3, -0.25) is 9.59 Å². The Morgan fingerprint density at radius 3 is 1.20 bits per heavy atom. The van der Waals surface area contributed by atoms with E-state index in [4.69, 9.17) is 0 Å². The summed E-state index contributed by atoms with van der Waals surface area (Å²) in [7, 11) is 2.15. The number of carbonyl (C=O) groups is 4. The Kier molecular flexibility index (Phi) is 13.6. The van der Waals surface area contributed by atoms with E-state index in [0.29, 0.717) is 11.1 Å². The molecule has 346 valence electrons. The maximum atomic E-state index is 15.5. The number of carbonyl (C=O) groups excluding carboxylic acids is 4. The SMILES string of the molecule is COC(=O)N[C@H](C(=O)N1C[C@@H](C(F)(F)F)C[C@H]1c1nc(-c2ccc(-c3ccc(-c4nc([C@@H]5C[C@H](C(F)(F)F)CN5C(=O)[C@@H](NC(=O)OC)C(C)C)[nH]c4F)cc3)cc2)c(F)[nH]1)C(C)C. The van der Waals surface area contributed by atoms with Gasteiger partial charge in [-0.05, 0) is 35.8 Å². The van der Waals surface area contributed by atoms with Gasteiger partial charge in [0, 0.05) is 24.2 Å². The Hall–Kier alpha value is -6.22. The summed E-state index contributed by atoms with van der Waals surface area (Å²) in [4.78, 5) is 66.5. The summed E-state index contributed by atoms with van der Waals surface area (Å²) >= 11 is 0. The monoisotopic (exact) mass is 910 g/mol. The molecular formula is C42H46F8N8O6. The zero-order chi connectivity index (χ0) is 47.0. The Morgan fingerprint density at radius 2 is 0.922 bits per heavy atom. The largest absolute Gasteiger partial charge is 0.453 e. The van der Waals surface area contributed by atoms with Gasteiger partial charge in [-0.2, -0.15) is 35.1 Å². The second-order valence-electron chi connectivity index (χ2n) is 16.4. The van der Waals surface area contributed by atoms with Crippen molar-refractivity contribution in [3.05, 3.63) is 72.1 Å². The number of aromatic amines is 2. The van der Waals surface area contributed by atoms with Crippen LogP contribution in [0.15, 0.2) is 48.5 Å². The highest BCUT2D eigenvalue weighted by Crippen LogP contribution is 2.45. The second kappa shape index (κ2) is 18.5. The number of hydrogen-bond donors (Lipinski definition) is 4. The van der Waals surface area contributed by atoms with Crippen molar-refractivity contribution in [2.24, 2.45) is 23.7 Å². The van der Waals surface area contributed by atoms with Crippen molar-refractivity contribution in [2.45, 2.75) is 77.1 Å². The zero-order valence-corrected chi connectivity index (χ0v) is 35.3. The molecular weight excluding hydrogens is 864 g/mol. The normalized spacial score (nSPS) is 20.1.